The molecule has 90 valence electrons. The lowest BCUT2D eigenvalue weighted by molar-refractivity contribution is 0.782. The zero-order valence-corrected chi connectivity index (χ0v) is 10.5. The monoisotopic (exact) mass is 239 g/mol. The van der Waals surface area contributed by atoms with Gasteiger partial charge in [0.25, 0.3) is 0 Å². The molecular weight excluding hydrogens is 226 g/mol. The largest absolute Gasteiger partial charge is 0.264 e. The van der Waals surface area contributed by atoms with Crippen LogP contribution in [-0.2, 0) is 7.05 Å². The first-order valence-electron chi connectivity index (χ1n) is 5.74. The van der Waals surface area contributed by atoms with Crippen LogP contribution in [0.4, 0.5) is 0 Å². The van der Waals surface area contributed by atoms with Crippen molar-refractivity contribution >= 4 is 11.0 Å². The minimum Gasteiger partial charge on any atom is -0.264 e. The summed E-state index contributed by atoms with van der Waals surface area (Å²) in [5.74, 6) is 0.641. The highest BCUT2D eigenvalue weighted by Crippen LogP contribution is 2.19. The van der Waals surface area contributed by atoms with E-state index in [4.69, 9.17) is 0 Å². The van der Waals surface area contributed by atoms with Crippen molar-refractivity contribution in [2.45, 2.75) is 13.8 Å². The molecule has 0 spiro atoms. The second-order valence-corrected chi connectivity index (χ2v) is 4.35. The Kier molecular flexibility index (Phi) is 2.33. The maximum atomic E-state index is 4.55. The summed E-state index contributed by atoms with van der Waals surface area (Å²) in [6.07, 6.45) is 3.57. The van der Waals surface area contributed by atoms with E-state index in [0.717, 1.165) is 28.0 Å². The molecule has 5 nitrogen and oxygen atoms in total. The quantitative estimate of drug-likeness (QED) is 0.652. The normalized spacial score (nSPS) is 11.1. The molecule has 0 aliphatic heterocycles. The molecule has 0 fully saturated rings. The third-order valence-corrected chi connectivity index (χ3v) is 2.91. The molecular formula is C13H13N5. The van der Waals surface area contributed by atoms with Crippen molar-refractivity contribution in [2.24, 2.45) is 7.05 Å². The van der Waals surface area contributed by atoms with Crippen LogP contribution in [0, 0.1) is 13.8 Å². The van der Waals surface area contributed by atoms with Crippen LogP contribution in [0.15, 0.2) is 24.5 Å². The molecule has 3 heterocycles. The maximum Gasteiger partial charge on any atom is 0.178 e. The summed E-state index contributed by atoms with van der Waals surface area (Å²) in [5, 5.41) is 4.34. The smallest absolute Gasteiger partial charge is 0.178 e. The fourth-order valence-corrected chi connectivity index (χ4v) is 1.99. The molecule has 3 aromatic heterocycles. The van der Waals surface area contributed by atoms with Crippen molar-refractivity contribution in [1.29, 1.82) is 0 Å². The molecule has 0 unspecified atom stereocenters. The molecule has 0 N–H and O–H groups in total. The van der Waals surface area contributed by atoms with Crippen LogP contribution in [-0.4, -0.2) is 24.7 Å². The van der Waals surface area contributed by atoms with Gasteiger partial charge in [-0.05, 0) is 31.5 Å². The summed E-state index contributed by atoms with van der Waals surface area (Å²) >= 11 is 0. The first kappa shape index (κ1) is 10.8. The zero-order valence-electron chi connectivity index (χ0n) is 10.5. The van der Waals surface area contributed by atoms with Crippen LogP contribution in [0.1, 0.15) is 11.3 Å². The number of hydrogen-bond donors (Lipinski definition) is 0. The predicted octanol–water partition coefficient (Wildman–Crippen LogP) is 2.04. The maximum absolute atomic E-state index is 4.55. The van der Waals surface area contributed by atoms with Crippen LogP contribution in [0.25, 0.3) is 22.6 Å². The highest BCUT2D eigenvalue weighted by molar-refractivity contribution is 5.78. The van der Waals surface area contributed by atoms with E-state index in [1.165, 1.54) is 0 Å². The van der Waals surface area contributed by atoms with Gasteiger partial charge in [0.2, 0.25) is 0 Å². The number of hydrogen-bond acceptors (Lipinski definition) is 4. The van der Waals surface area contributed by atoms with Crippen molar-refractivity contribution in [3.63, 3.8) is 0 Å². The van der Waals surface area contributed by atoms with Gasteiger partial charge in [-0.15, -0.1) is 0 Å². The minimum atomic E-state index is 0.641. The molecule has 0 radical (unpaired) electrons. The van der Waals surface area contributed by atoms with Crippen LogP contribution < -0.4 is 0 Å². The van der Waals surface area contributed by atoms with E-state index >= 15 is 0 Å². The molecule has 0 bridgehead atoms. The first-order chi connectivity index (χ1) is 8.65. The van der Waals surface area contributed by atoms with E-state index in [1.807, 2.05) is 33.0 Å². The van der Waals surface area contributed by atoms with Crippen LogP contribution in [0.2, 0.25) is 0 Å². The topological polar surface area (TPSA) is 56.5 Å². The van der Waals surface area contributed by atoms with E-state index in [2.05, 4.69) is 20.1 Å². The molecule has 5 heteroatoms. The Morgan fingerprint density at radius 1 is 1.17 bits per heavy atom. The van der Waals surface area contributed by atoms with E-state index in [0.29, 0.717) is 5.82 Å². The highest BCUT2D eigenvalue weighted by Gasteiger charge is 2.10. The molecule has 18 heavy (non-hydrogen) atoms. The summed E-state index contributed by atoms with van der Waals surface area (Å²) in [6, 6.07) is 3.93. The lowest BCUT2D eigenvalue weighted by Crippen LogP contribution is -1.94. The third-order valence-electron chi connectivity index (χ3n) is 2.91. The molecule has 0 saturated carbocycles. The molecule has 3 rings (SSSR count). The van der Waals surface area contributed by atoms with E-state index in [1.54, 1.807) is 17.1 Å². The van der Waals surface area contributed by atoms with Gasteiger partial charge in [-0.2, -0.15) is 5.10 Å². The first-order valence-corrected chi connectivity index (χ1v) is 5.74. The van der Waals surface area contributed by atoms with Crippen molar-refractivity contribution in [1.82, 2.24) is 24.7 Å². The van der Waals surface area contributed by atoms with Gasteiger partial charge < -0.3 is 0 Å². The fourth-order valence-electron chi connectivity index (χ4n) is 1.99. The zero-order chi connectivity index (χ0) is 12.7. The molecule has 3 aromatic rings. The van der Waals surface area contributed by atoms with E-state index < -0.39 is 0 Å². The molecule has 0 aliphatic rings. The van der Waals surface area contributed by atoms with Crippen molar-refractivity contribution < 1.29 is 0 Å². The van der Waals surface area contributed by atoms with Gasteiger partial charge in [-0.3, -0.25) is 9.67 Å². The average molecular weight is 239 g/mol. The second kappa shape index (κ2) is 3.87. The Morgan fingerprint density at radius 3 is 2.78 bits per heavy atom. The van der Waals surface area contributed by atoms with Gasteiger partial charge >= 0.3 is 0 Å². The molecule has 0 saturated heterocycles. The second-order valence-electron chi connectivity index (χ2n) is 4.35. The molecule has 0 atom stereocenters. The average Bonchev–Trinajstić information content (AvgIpc) is 2.65. The summed E-state index contributed by atoms with van der Waals surface area (Å²) in [6.45, 7) is 3.97. The Labute approximate surface area is 105 Å². The standard InChI is InChI=1S/C13H13N5/c1-8-4-5-14-10(6-8)13-15-7-11-12(16-13)9(2)17-18(11)3/h4-7H,1-3H3. The van der Waals surface area contributed by atoms with Gasteiger partial charge in [0.15, 0.2) is 5.82 Å². The number of rotatable bonds is 1. The molecule has 0 amide bonds. The van der Waals surface area contributed by atoms with E-state index in [-0.39, 0.29) is 0 Å². The van der Waals surface area contributed by atoms with E-state index in [9.17, 15) is 0 Å². The van der Waals surface area contributed by atoms with Crippen molar-refractivity contribution in [3.8, 4) is 11.5 Å². The lowest BCUT2D eigenvalue weighted by Gasteiger charge is -2.00. The SMILES string of the molecule is Cc1ccnc(-c2ncc3c(n2)c(C)nn3C)c1. The van der Waals surface area contributed by atoms with Crippen LogP contribution in [0.3, 0.4) is 0 Å². The number of nitrogens with zero attached hydrogens (tertiary/aromatic N) is 5. The minimum absolute atomic E-state index is 0.641. The summed E-state index contributed by atoms with van der Waals surface area (Å²) in [7, 11) is 1.89. The Balaban J connectivity index is 2.22. The lowest BCUT2D eigenvalue weighted by atomic mass is 10.2. The molecule has 0 aromatic carbocycles. The van der Waals surface area contributed by atoms with Crippen LogP contribution >= 0.6 is 0 Å². The van der Waals surface area contributed by atoms with Gasteiger partial charge in [0.1, 0.15) is 16.7 Å². The van der Waals surface area contributed by atoms with Gasteiger partial charge in [0.05, 0.1) is 11.9 Å². The highest BCUT2D eigenvalue weighted by atomic mass is 15.3. The number of aromatic nitrogens is 5. The van der Waals surface area contributed by atoms with Gasteiger partial charge in [-0.25, -0.2) is 9.97 Å². The number of pyridine rings is 1. The summed E-state index contributed by atoms with van der Waals surface area (Å²) in [5.41, 5.74) is 4.66. The number of fused-ring (bicyclic) bond motifs is 1. The number of aryl methyl sites for hydroxylation is 3. The molecule has 0 aliphatic carbocycles. The Morgan fingerprint density at radius 2 is 2.00 bits per heavy atom. The van der Waals surface area contributed by atoms with Crippen molar-refractivity contribution in [3.05, 3.63) is 35.8 Å². The van der Waals surface area contributed by atoms with Crippen molar-refractivity contribution in [2.75, 3.05) is 0 Å². The van der Waals surface area contributed by atoms with Gasteiger partial charge in [0, 0.05) is 13.2 Å². The Bertz CT molecular complexity index is 729. The summed E-state index contributed by atoms with van der Waals surface area (Å²) in [4.78, 5) is 13.2. The van der Waals surface area contributed by atoms with Gasteiger partial charge in [-0.1, -0.05) is 0 Å². The van der Waals surface area contributed by atoms with Crippen LogP contribution in [0.5, 0.6) is 0 Å². The fraction of sp³-hybridized carbons (Fsp3) is 0.231. The Hall–Kier alpha value is -2.30. The predicted molar refractivity (Wildman–Crippen MR) is 69.0 cm³/mol. The summed E-state index contributed by atoms with van der Waals surface area (Å²) < 4.78 is 1.79. The third kappa shape index (κ3) is 1.64.